The Morgan fingerprint density at radius 3 is 2.62 bits per heavy atom. The van der Waals surface area contributed by atoms with Crippen molar-refractivity contribution in [1.29, 1.82) is 0 Å². The predicted octanol–water partition coefficient (Wildman–Crippen LogP) is 2.33. The van der Waals surface area contributed by atoms with Crippen LogP contribution >= 0.6 is 0 Å². The van der Waals surface area contributed by atoms with E-state index in [-0.39, 0.29) is 5.91 Å². The lowest BCUT2D eigenvalue weighted by Crippen LogP contribution is -2.32. The molecular formula is C13H20N2O. The number of aromatic nitrogens is 1. The van der Waals surface area contributed by atoms with E-state index in [9.17, 15) is 4.79 Å². The van der Waals surface area contributed by atoms with Crippen molar-refractivity contribution in [1.82, 2.24) is 9.88 Å². The molecule has 1 aliphatic rings. The first-order valence-corrected chi connectivity index (χ1v) is 6.25. The van der Waals surface area contributed by atoms with Crippen LogP contribution in [0.1, 0.15) is 38.5 Å². The Hall–Kier alpha value is -1.25. The molecule has 0 saturated heterocycles. The van der Waals surface area contributed by atoms with Gasteiger partial charge >= 0.3 is 0 Å². The first-order valence-electron chi connectivity index (χ1n) is 6.25. The lowest BCUT2D eigenvalue weighted by Gasteiger charge is -2.11. The summed E-state index contributed by atoms with van der Waals surface area (Å²) in [6.07, 6.45) is 10.5. The van der Waals surface area contributed by atoms with Gasteiger partial charge in [-0.25, -0.2) is 0 Å². The summed E-state index contributed by atoms with van der Waals surface area (Å²) >= 11 is 0. The van der Waals surface area contributed by atoms with E-state index in [1.54, 1.807) is 0 Å². The molecule has 0 unspecified atom stereocenters. The Balaban J connectivity index is 1.60. The molecule has 0 aliphatic heterocycles. The molecule has 1 aromatic rings. The Bertz CT molecular complexity index is 313. The lowest BCUT2D eigenvalue weighted by atomic mass is 10.2. The maximum Gasteiger partial charge on any atom is 0.220 e. The fourth-order valence-corrected chi connectivity index (χ4v) is 2.31. The van der Waals surface area contributed by atoms with Crippen LogP contribution in [0.4, 0.5) is 0 Å². The molecule has 0 atom stereocenters. The molecule has 1 amide bonds. The van der Waals surface area contributed by atoms with Crippen LogP contribution in [-0.4, -0.2) is 16.5 Å². The molecule has 0 bridgehead atoms. The highest BCUT2D eigenvalue weighted by Gasteiger charge is 2.16. The number of nitrogens with zero attached hydrogens (tertiary/aromatic N) is 1. The highest BCUT2D eigenvalue weighted by atomic mass is 16.1. The van der Waals surface area contributed by atoms with Crippen LogP contribution in [0.5, 0.6) is 0 Å². The Kier molecular flexibility index (Phi) is 4.03. The van der Waals surface area contributed by atoms with Gasteiger partial charge < -0.3 is 9.88 Å². The van der Waals surface area contributed by atoms with Crippen molar-refractivity contribution >= 4 is 5.91 Å². The topological polar surface area (TPSA) is 34.0 Å². The third-order valence-corrected chi connectivity index (χ3v) is 3.21. The molecule has 1 saturated carbocycles. The summed E-state index contributed by atoms with van der Waals surface area (Å²) in [6.45, 7) is 0.936. The first-order chi connectivity index (χ1) is 7.84. The second kappa shape index (κ2) is 5.73. The maximum atomic E-state index is 11.6. The van der Waals surface area contributed by atoms with Crippen LogP contribution in [0.15, 0.2) is 24.5 Å². The Morgan fingerprint density at radius 1 is 1.25 bits per heavy atom. The number of nitrogens with one attached hydrogen (secondary N) is 1. The number of hydrogen-bond acceptors (Lipinski definition) is 1. The van der Waals surface area contributed by atoms with Gasteiger partial charge in [-0.2, -0.15) is 0 Å². The summed E-state index contributed by atoms with van der Waals surface area (Å²) in [5, 5.41) is 3.11. The highest BCUT2D eigenvalue weighted by molar-refractivity contribution is 5.76. The minimum Gasteiger partial charge on any atom is -0.354 e. The molecule has 1 aliphatic carbocycles. The van der Waals surface area contributed by atoms with Crippen LogP contribution in [0.25, 0.3) is 0 Å². The van der Waals surface area contributed by atoms with E-state index in [2.05, 4.69) is 9.88 Å². The van der Waals surface area contributed by atoms with Crippen molar-refractivity contribution in [3.63, 3.8) is 0 Å². The molecule has 1 N–H and O–H groups in total. The standard InChI is InChI=1S/C13H20N2O/c16-13(14-12-6-1-2-7-12)8-5-11-15-9-3-4-10-15/h3-4,9-10,12H,1-2,5-8,11H2,(H,14,16). The molecule has 2 rings (SSSR count). The van der Waals surface area contributed by atoms with Gasteiger partial charge in [0.1, 0.15) is 0 Å². The summed E-state index contributed by atoms with van der Waals surface area (Å²) in [4.78, 5) is 11.6. The van der Waals surface area contributed by atoms with E-state index < -0.39 is 0 Å². The van der Waals surface area contributed by atoms with Crippen molar-refractivity contribution in [3.8, 4) is 0 Å². The van der Waals surface area contributed by atoms with Gasteiger partial charge in [-0.3, -0.25) is 4.79 Å². The Labute approximate surface area is 96.8 Å². The van der Waals surface area contributed by atoms with Crippen LogP contribution < -0.4 is 5.32 Å². The van der Waals surface area contributed by atoms with E-state index in [4.69, 9.17) is 0 Å². The van der Waals surface area contributed by atoms with Gasteiger partial charge in [0.25, 0.3) is 0 Å². The Morgan fingerprint density at radius 2 is 1.94 bits per heavy atom. The second-order valence-electron chi connectivity index (χ2n) is 4.57. The van der Waals surface area contributed by atoms with Gasteiger partial charge in [-0.15, -0.1) is 0 Å². The van der Waals surface area contributed by atoms with Gasteiger partial charge in [0, 0.05) is 31.4 Å². The zero-order valence-electron chi connectivity index (χ0n) is 9.69. The molecule has 0 aromatic carbocycles. The molecule has 16 heavy (non-hydrogen) atoms. The minimum absolute atomic E-state index is 0.221. The average molecular weight is 220 g/mol. The van der Waals surface area contributed by atoms with Crippen LogP contribution in [-0.2, 0) is 11.3 Å². The number of rotatable bonds is 5. The average Bonchev–Trinajstić information content (AvgIpc) is 2.90. The second-order valence-corrected chi connectivity index (χ2v) is 4.57. The normalized spacial score (nSPS) is 16.5. The van der Waals surface area contributed by atoms with Crippen molar-refractivity contribution in [2.24, 2.45) is 0 Å². The van der Waals surface area contributed by atoms with Crippen molar-refractivity contribution in [2.75, 3.05) is 0 Å². The molecule has 1 fully saturated rings. The molecule has 1 heterocycles. The van der Waals surface area contributed by atoms with Gasteiger partial charge in [0.2, 0.25) is 5.91 Å². The number of carbonyl (C=O) groups excluding carboxylic acids is 1. The summed E-state index contributed by atoms with van der Waals surface area (Å²) < 4.78 is 2.11. The zero-order valence-corrected chi connectivity index (χ0v) is 9.69. The van der Waals surface area contributed by atoms with Gasteiger partial charge in [-0.1, -0.05) is 12.8 Å². The lowest BCUT2D eigenvalue weighted by molar-refractivity contribution is -0.121. The smallest absolute Gasteiger partial charge is 0.220 e. The van der Waals surface area contributed by atoms with Gasteiger partial charge in [0.05, 0.1) is 0 Å². The van der Waals surface area contributed by atoms with Gasteiger partial charge in [-0.05, 0) is 31.4 Å². The van der Waals surface area contributed by atoms with E-state index >= 15 is 0 Å². The number of carbonyl (C=O) groups is 1. The van der Waals surface area contributed by atoms with Crippen molar-refractivity contribution in [3.05, 3.63) is 24.5 Å². The number of hydrogen-bond donors (Lipinski definition) is 1. The number of aryl methyl sites for hydroxylation is 1. The summed E-state index contributed by atoms with van der Waals surface area (Å²) in [5.41, 5.74) is 0. The van der Waals surface area contributed by atoms with Gasteiger partial charge in [0.15, 0.2) is 0 Å². The van der Waals surface area contributed by atoms with E-state index in [1.807, 2.05) is 24.5 Å². The SMILES string of the molecule is O=C(CCCn1cccc1)NC1CCCC1. The number of amides is 1. The quantitative estimate of drug-likeness (QED) is 0.812. The third kappa shape index (κ3) is 3.40. The zero-order chi connectivity index (χ0) is 11.2. The predicted molar refractivity (Wildman–Crippen MR) is 64.1 cm³/mol. The molecular weight excluding hydrogens is 200 g/mol. The fourth-order valence-electron chi connectivity index (χ4n) is 2.31. The first kappa shape index (κ1) is 11.2. The van der Waals surface area contributed by atoms with E-state index in [0.717, 1.165) is 13.0 Å². The maximum absolute atomic E-state index is 11.6. The highest BCUT2D eigenvalue weighted by Crippen LogP contribution is 2.17. The summed E-state index contributed by atoms with van der Waals surface area (Å²) in [7, 11) is 0. The fraction of sp³-hybridized carbons (Fsp3) is 0.615. The molecule has 0 radical (unpaired) electrons. The van der Waals surface area contributed by atoms with Crippen LogP contribution in [0.3, 0.4) is 0 Å². The monoisotopic (exact) mass is 220 g/mol. The molecule has 3 heteroatoms. The molecule has 0 spiro atoms. The van der Waals surface area contributed by atoms with E-state index in [1.165, 1.54) is 25.7 Å². The van der Waals surface area contributed by atoms with Crippen LogP contribution in [0.2, 0.25) is 0 Å². The third-order valence-electron chi connectivity index (χ3n) is 3.21. The van der Waals surface area contributed by atoms with Crippen LogP contribution in [0, 0.1) is 0 Å². The van der Waals surface area contributed by atoms with E-state index in [0.29, 0.717) is 12.5 Å². The largest absolute Gasteiger partial charge is 0.354 e. The van der Waals surface area contributed by atoms with Crippen molar-refractivity contribution in [2.45, 2.75) is 51.1 Å². The molecule has 1 aromatic heterocycles. The summed E-state index contributed by atoms with van der Waals surface area (Å²) in [5.74, 6) is 0.221. The summed E-state index contributed by atoms with van der Waals surface area (Å²) in [6, 6.07) is 4.48. The molecule has 3 nitrogen and oxygen atoms in total. The van der Waals surface area contributed by atoms with Crippen molar-refractivity contribution < 1.29 is 4.79 Å². The minimum atomic E-state index is 0.221. The molecule has 88 valence electrons.